The fraction of sp³-hybridized carbons (Fsp3) is 0.435. The summed E-state index contributed by atoms with van der Waals surface area (Å²) in [7, 11) is 2.10. The predicted octanol–water partition coefficient (Wildman–Crippen LogP) is 2.24. The van der Waals surface area contributed by atoms with E-state index in [-0.39, 0.29) is 28.1 Å². The molecule has 3 aromatic heterocycles. The third-order valence-corrected chi connectivity index (χ3v) is 8.97. The van der Waals surface area contributed by atoms with Crippen LogP contribution in [0.2, 0.25) is 0 Å². The summed E-state index contributed by atoms with van der Waals surface area (Å²) in [5, 5.41) is 7.14. The van der Waals surface area contributed by atoms with Gasteiger partial charge in [0.15, 0.2) is 0 Å². The third kappa shape index (κ3) is 5.19. The van der Waals surface area contributed by atoms with E-state index < -0.39 is 20.0 Å². The summed E-state index contributed by atoms with van der Waals surface area (Å²) >= 11 is -0.549. The van der Waals surface area contributed by atoms with Crippen molar-refractivity contribution < 1.29 is 18.0 Å². The van der Waals surface area contributed by atoms with Crippen LogP contribution in [0.3, 0.4) is 0 Å². The quantitative estimate of drug-likeness (QED) is 0.366. The molecule has 5 rings (SSSR count). The van der Waals surface area contributed by atoms with Crippen molar-refractivity contribution in [3.8, 4) is 11.8 Å². The summed E-state index contributed by atoms with van der Waals surface area (Å²) in [6.45, 7) is 3.78. The van der Waals surface area contributed by atoms with Crippen LogP contribution in [0.15, 0.2) is 24.4 Å². The number of hydrogen-bond donors (Lipinski definition) is 2. The number of nitrogens with one attached hydrogen (secondary N) is 2. The van der Waals surface area contributed by atoms with Crippen LogP contribution in [0, 0.1) is 24.7 Å². The number of aryl methyl sites for hydroxylation is 1. The molecule has 2 atom stereocenters. The zero-order chi connectivity index (χ0) is 24.8. The SMILES string of the molecule is Cc1ncc(C(=O)NCC#Cc2nn3c(N[C@@]45CCN(C)C[C@@H]4C5)cccc3c2[Se]C(F)(F)F)s1. The Morgan fingerprint density at radius 1 is 1.40 bits per heavy atom. The van der Waals surface area contributed by atoms with E-state index in [0.29, 0.717) is 22.1 Å². The van der Waals surface area contributed by atoms with Crippen LogP contribution in [0.25, 0.3) is 5.52 Å². The number of halogens is 3. The van der Waals surface area contributed by atoms with Crippen molar-refractivity contribution in [3.05, 3.63) is 40.0 Å². The van der Waals surface area contributed by atoms with Crippen LogP contribution in [-0.2, 0) is 0 Å². The Balaban J connectivity index is 1.40. The van der Waals surface area contributed by atoms with Crippen molar-refractivity contribution in [2.45, 2.75) is 30.4 Å². The van der Waals surface area contributed by atoms with Crippen molar-refractivity contribution in [2.24, 2.45) is 5.92 Å². The van der Waals surface area contributed by atoms with Crippen molar-refractivity contribution in [1.82, 2.24) is 24.8 Å². The molecule has 1 aliphatic carbocycles. The summed E-state index contributed by atoms with van der Waals surface area (Å²) < 4.78 is 42.0. The molecule has 0 unspecified atom stereocenters. The first-order valence-electron chi connectivity index (χ1n) is 11.1. The van der Waals surface area contributed by atoms with Crippen LogP contribution in [0.1, 0.15) is 33.2 Å². The van der Waals surface area contributed by atoms with Gasteiger partial charge in [0.2, 0.25) is 0 Å². The zero-order valence-corrected chi connectivity index (χ0v) is 21.6. The monoisotopic (exact) mass is 568 g/mol. The predicted molar refractivity (Wildman–Crippen MR) is 129 cm³/mol. The van der Waals surface area contributed by atoms with Gasteiger partial charge in [0.1, 0.15) is 0 Å². The number of amides is 1. The third-order valence-electron chi connectivity index (χ3n) is 6.30. The van der Waals surface area contributed by atoms with Gasteiger partial charge in [-0.1, -0.05) is 0 Å². The Bertz CT molecular complexity index is 1340. The minimum absolute atomic E-state index is 0.00841. The number of carbonyl (C=O) groups is 1. The number of nitrogens with zero attached hydrogens (tertiary/aromatic N) is 4. The first-order valence-corrected chi connectivity index (χ1v) is 13.6. The van der Waals surface area contributed by atoms with Crippen molar-refractivity contribution >= 4 is 48.0 Å². The van der Waals surface area contributed by atoms with E-state index in [1.807, 2.05) is 6.07 Å². The van der Waals surface area contributed by atoms with Crippen LogP contribution in [-0.4, -0.2) is 77.7 Å². The maximum atomic E-state index is 13.4. The maximum absolute atomic E-state index is 13.4. The molecular weight excluding hydrogens is 544 g/mol. The topological polar surface area (TPSA) is 74.6 Å². The number of pyridine rings is 1. The molecule has 7 nitrogen and oxygen atoms in total. The van der Waals surface area contributed by atoms with E-state index in [9.17, 15) is 18.0 Å². The number of aromatic nitrogens is 3. The van der Waals surface area contributed by atoms with Gasteiger partial charge >= 0.3 is 211 Å². The van der Waals surface area contributed by atoms with Gasteiger partial charge < -0.3 is 0 Å². The van der Waals surface area contributed by atoms with E-state index in [1.54, 1.807) is 23.6 Å². The summed E-state index contributed by atoms with van der Waals surface area (Å²) in [6.07, 6.45) is 3.51. The number of carbonyl (C=O) groups excluding carboxylic acids is 1. The number of fused-ring (bicyclic) bond motifs is 2. The Hall–Kier alpha value is -2.58. The van der Waals surface area contributed by atoms with Crippen molar-refractivity contribution in [2.75, 3.05) is 32.0 Å². The minimum atomic E-state index is -4.34. The van der Waals surface area contributed by atoms with Gasteiger partial charge in [0.25, 0.3) is 0 Å². The van der Waals surface area contributed by atoms with Crippen molar-refractivity contribution in [3.63, 3.8) is 0 Å². The first-order chi connectivity index (χ1) is 16.6. The first kappa shape index (κ1) is 24.1. The molecular formula is C23H23F3N6OSSe. The Morgan fingerprint density at radius 2 is 2.23 bits per heavy atom. The fourth-order valence-corrected chi connectivity index (χ4v) is 6.62. The van der Waals surface area contributed by atoms with Gasteiger partial charge in [-0.15, -0.1) is 0 Å². The number of hydrogen-bond acceptors (Lipinski definition) is 6. The van der Waals surface area contributed by atoms with Gasteiger partial charge in [-0.25, -0.2) is 0 Å². The molecule has 184 valence electrons. The number of rotatable bonds is 5. The van der Waals surface area contributed by atoms with Gasteiger partial charge in [-0.05, 0) is 0 Å². The Morgan fingerprint density at radius 3 is 2.94 bits per heavy atom. The van der Waals surface area contributed by atoms with Gasteiger partial charge in [0.05, 0.1) is 0 Å². The molecule has 0 aromatic carbocycles. The number of anilines is 1. The average Bonchev–Trinajstić information content (AvgIpc) is 3.11. The normalized spacial score (nSPS) is 21.8. The zero-order valence-electron chi connectivity index (χ0n) is 19.1. The number of piperidine rings is 1. The molecule has 35 heavy (non-hydrogen) atoms. The molecule has 4 heterocycles. The molecule has 3 aromatic rings. The average molecular weight is 567 g/mol. The van der Waals surface area contributed by atoms with E-state index in [0.717, 1.165) is 30.9 Å². The molecule has 12 heteroatoms. The second-order valence-corrected chi connectivity index (χ2v) is 12.3. The summed E-state index contributed by atoms with van der Waals surface area (Å²) in [6, 6.07) is 5.25. The summed E-state index contributed by atoms with van der Waals surface area (Å²) in [4.78, 5) is 19.0. The Kier molecular flexibility index (Phi) is 6.30. The second kappa shape index (κ2) is 9.13. The number of likely N-dealkylation sites (tertiary alicyclic amines) is 1. The fourth-order valence-electron chi connectivity index (χ4n) is 4.50. The van der Waals surface area contributed by atoms with Crippen molar-refractivity contribution in [1.29, 1.82) is 0 Å². The van der Waals surface area contributed by atoms with Crippen LogP contribution in [0.5, 0.6) is 0 Å². The van der Waals surface area contributed by atoms with E-state index >= 15 is 0 Å². The molecule has 0 spiro atoms. The number of thiazole rings is 1. The van der Waals surface area contributed by atoms with Crippen LogP contribution < -0.4 is 15.1 Å². The van der Waals surface area contributed by atoms with Crippen LogP contribution in [0.4, 0.5) is 19.0 Å². The van der Waals surface area contributed by atoms with Gasteiger partial charge in [-0.3, -0.25) is 0 Å². The molecule has 0 radical (unpaired) electrons. The summed E-state index contributed by atoms with van der Waals surface area (Å²) in [5.41, 5.74) is 0.475. The second-order valence-electron chi connectivity index (χ2n) is 8.86. The van der Waals surface area contributed by atoms with E-state index in [1.165, 1.54) is 17.5 Å². The molecule has 1 saturated heterocycles. The van der Waals surface area contributed by atoms with E-state index in [2.05, 4.69) is 44.5 Å². The molecule has 2 N–H and O–H groups in total. The van der Waals surface area contributed by atoms with Gasteiger partial charge in [-0.2, -0.15) is 0 Å². The Labute approximate surface area is 210 Å². The molecule has 2 aliphatic rings. The molecule has 1 aliphatic heterocycles. The van der Waals surface area contributed by atoms with Gasteiger partial charge in [0, 0.05) is 0 Å². The number of alkyl halides is 3. The standard InChI is InChI=1S/C23H23F3N6OSSe/c1-14-28-12-18(34-14)21(33)27-9-4-5-16-20(35-23(24,25)26)17-6-3-7-19(32(17)30-16)29-22-8-10-31(2)13-15(22)11-22/h3,6-7,12,15,29H,8-11,13H2,1-2H3,(H,27,33)/t15-,22+/m0/s1. The molecule has 1 amide bonds. The molecule has 0 bridgehead atoms. The molecule has 1 saturated carbocycles. The van der Waals surface area contributed by atoms with Crippen LogP contribution >= 0.6 is 11.3 Å². The summed E-state index contributed by atoms with van der Waals surface area (Å²) in [5.74, 6) is 6.41. The van der Waals surface area contributed by atoms with E-state index in [4.69, 9.17) is 0 Å². The molecule has 2 fully saturated rings.